The van der Waals surface area contributed by atoms with Crippen LogP contribution in [0.3, 0.4) is 0 Å². The van der Waals surface area contributed by atoms with Gasteiger partial charge in [-0.25, -0.2) is 4.79 Å². The number of H-pyrrole nitrogens is 1. The molecule has 1 aromatic carbocycles. The number of benzene rings is 1. The normalized spacial score (nSPS) is 12.9. The van der Waals surface area contributed by atoms with Gasteiger partial charge in [-0.3, -0.25) is 0 Å². The zero-order chi connectivity index (χ0) is 17.0. The SMILES string of the molecule is CN(C(=O)OC(C)(C)C)C(C=O)CCc1c[nH]c2ccccc12. The van der Waals surface area contributed by atoms with Gasteiger partial charge in [-0.2, -0.15) is 0 Å². The molecular weight excluding hydrogens is 292 g/mol. The Kier molecular flexibility index (Phi) is 5.08. The molecule has 0 aliphatic heterocycles. The number of rotatable bonds is 5. The van der Waals surface area contributed by atoms with Gasteiger partial charge in [0, 0.05) is 24.1 Å². The maximum absolute atomic E-state index is 12.1. The molecule has 5 nitrogen and oxygen atoms in total. The van der Waals surface area contributed by atoms with Gasteiger partial charge in [-0.05, 0) is 45.2 Å². The van der Waals surface area contributed by atoms with Gasteiger partial charge >= 0.3 is 6.09 Å². The van der Waals surface area contributed by atoms with E-state index < -0.39 is 17.7 Å². The van der Waals surface area contributed by atoms with E-state index in [4.69, 9.17) is 4.74 Å². The van der Waals surface area contributed by atoms with Crippen molar-refractivity contribution < 1.29 is 14.3 Å². The summed E-state index contributed by atoms with van der Waals surface area (Å²) in [5.74, 6) is 0. The molecule has 1 unspecified atom stereocenters. The molecule has 0 aliphatic carbocycles. The molecule has 23 heavy (non-hydrogen) atoms. The Morgan fingerprint density at radius 1 is 1.35 bits per heavy atom. The molecule has 1 amide bonds. The predicted molar refractivity (Wildman–Crippen MR) is 90.5 cm³/mol. The molecule has 2 rings (SSSR count). The maximum Gasteiger partial charge on any atom is 0.410 e. The lowest BCUT2D eigenvalue weighted by Gasteiger charge is -2.28. The fourth-order valence-corrected chi connectivity index (χ4v) is 2.46. The van der Waals surface area contributed by atoms with Gasteiger partial charge in [-0.15, -0.1) is 0 Å². The van der Waals surface area contributed by atoms with E-state index in [1.165, 1.54) is 4.90 Å². The number of hydrogen-bond donors (Lipinski definition) is 1. The highest BCUT2D eigenvalue weighted by Crippen LogP contribution is 2.20. The first-order chi connectivity index (χ1) is 10.8. The number of aromatic amines is 1. The molecule has 0 saturated heterocycles. The summed E-state index contributed by atoms with van der Waals surface area (Å²) in [6.45, 7) is 5.42. The number of nitrogens with one attached hydrogen (secondary N) is 1. The first-order valence-electron chi connectivity index (χ1n) is 7.78. The number of carbonyl (C=O) groups excluding carboxylic acids is 2. The summed E-state index contributed by atoms with van der Waals surface area (Å²) in [5, 5.41) is 1.15. The number of para-hydroxylation sites is 1. The number of fused-ring (bicyclic) bond motifs is 1. The molecule has 124 valence electrons. The Morgan fingerprint density at radius 3 is 2.70 bits per heavy atom. The molecular formula is C18H24N2O3. The molecule has 0 spiro atoms. The third-order valence-electron chi connectivity index (χ3n) is 3.72. The van der Waals surface area contributed by atoms with Gasteiger partial charge in [0.05, 0.1) is 6.04 Å². The molecule has 0 bridgehead atoms. The molecule has 1 aromatic heterocycles. The van der Waals surface area contributed by atoms with E-state index in [0.29, 0.717) is 12.8 Å². The van der Waals surface area contributed by atoms with Gasteiger partial charge < -0.3 is 19.4 Å². The molecule has 0 aliphatic rings. The van der Waals surface area contributed by atoms with E-state index in [0.717, 1.165) is 22.8 Å². The number of aldehydes is 1. The Labute approximate surface area is 136 Å². The maximum atomic E-state index is 12.1. The standard InChI is InChI=1S/C18H24N2O3/c1-18(2,3)23-17(22)20(4)14(12-21)10-9-13-11-19-16-8-6-5-7-15(13)16/h5-8,11-12,14,19H,9-10H2,1-4H3. The van der Waals surface area contributed by atoms with Crippen molar-refractivity contribution in [3.8, 4) is 0 Å². The fourth-order valence-electron chi connectivity index (χ4n) is 2.46. The van der Waals surface area contributed by atoms with E-state index in [-0.39, 0.29) is 0 Å². The van der Waals surface area contributed by atoms with Gasteiger partial charge in [-0.1, -0.05) is 18.2 Å². The molecule has 0 fully saturated rings. The number of amides is 1. The highest BCUT2D eigenvalue weighted by atomic mass is 16.6. The molecule has 5 heteroatoms. The average molecular weight is 316 g/mol. The van der Waals surface area contributed by atoms with Crippen LogP contribution in [0.15, 0.2) is 30.5 Å². The molecule has 0 saturated carbocycles. The Bertz CT molecular complexity index is 685. The second kappa shape index (κ2) is 6.86. The van der Waals surface area contributed by atoms with Crippen molar-refractivity contribution in [1.82, 2.24) is 9.88 Å². The summed E-state index contributed by atoms with van der Waals surface area (Å²) >= 11 is 0. The number of carbonyl (C=O) groups is 2. The van der Waals surface area contributed by atoms with Crippen molar-refractivity contribution in [2.24, 2.45) is 0 Å². The molecule has 1 N–H and O–H groups in total. The topological polar surface area (TPSA) is 62.4 Å². The van der Waals surface area contributed by atoms with Crippen LogP contribution in [0.1, 0.15) is 32.8 Å². The minimum Gasteiger partial charge on any atom is -0.444 e. The highest BCUT2D eigenvalue weighted by Gasteiger charge is 2.25. The van der Waals surface area contributed by atoms with Gasteiger partial charge in [0.2, 0.25) is 0 Å². The van der Waals surface area contributed by atoms with E-state index in [1.54, 1.807) is 27.8 Å². The summed E-state index contributed by atoms with van der Waals surface area (Å²) < 4.78 is 5.31. The monoisotopic (exact) mass is 316 g/mol. The molecule has 2 aromatic rings. The molecule has 1 atom stereocenters. The fraction of sp³-hybridized carbons (Fsp3) is 0.444. The number of likely N-dealkylation sites (N-methyl/N-ethyl adjacent to an activating group) is 1. The average Bonchev–Trinajstić information content (AvgIpc) is 2.89. The van der Waals surface area contributed by atoms with Crippen molar-refractivity contribution in [1.29, 1.82) is 0 Å². The Hall–Kier alpha value is -2.30. The van der Waals surface area contributed by atoms with Crippen molar-refractivity contribution in [3.63, 3.8) is 0 Å². The first kappa shape index (κ1) is 17.1. The first-order valence-corrected chi connectivity index (χ1v) is 7.78. The van der Waals surface area contributed by atoms with Gasteiger partial charge in [0.25, 0.3) is 0 Å². The second-order valence-electron chi connectivity index (χ2n) is 6.69. The zero-order valence-electron chi connectivity index (χ0n) is 14.1. The van der Waals surface area contributed by atoms with Gasteiger partial charge in [0.15, 0.2) is 0 Å². The lowest BCUT2D eigenvalue weighted by Crippen LogP contribution is -2.41. The van der Waals surface area contributed by atoms with Crippen molar-refractivity contribution >= 4 is 23.3 Å². The summed E-state index contributed by atoms with van der Waals surface area (Å²) in [7, 11) is 1.60. The Balaban J connectivity index is 2.02. The van der Waals surface area contributed by atoms with Crippen LogP contribution in [0, 0.1) is 0 Å². The van der Waals surface area contributed by atoms with Crippen LogP contribution in [-0.2, 0) is 16.0 Å². The quantitative estimate of drug-likeness (QED) is 0.858. The van der Waals surface area contributed by atoms with Gasteiger partial charge in [0.1, 0.15) is 11.9 Å². The van der Waals surface area contributed by atoms with E-state index >= 15 is 0 Å². The smallest absolute Gasteiger partial charge is 0.410 e. The van der Waals surface area contributed by atoms with Crippen LogP contribution < -0.4 is 0 Å². The third-order valence-corrected chi connectivity index (χ3v) is 3.72. The second-order valence-corrected chi connectivity index (χ2v) is 6.69. The lowest BCUT2D eigenvalue weighted by molar-refractivity contribution is -0.112. The van der Waals surface area contributed by atoms with Crippen LogP contribution in [-0.4, -0.2) is 41.0 Å². The number of aromatic nitrogens is 1. The number of ether oxygens (including phenoxy) is 1. The number of nitrogens with zero attached hydrogens (tertiary/aromatic N) is 1. The predicted octanol–water partition coefficient (Wildman–Crippen LogP) is 3.53. The van der Waals surface area contributed by atoms with Crippen molar-refractivity contribution in [3.05, 3.63) is 36.0 Å². The highest BCUT2D eigenvalue weighted by molar-refractivity contribution is 5.83. The summed E-state index contributed by atoms with van der Waals surface area (Å²) in [5.41, 5.74) is 1.64. The van der Waals surface area contributed by atoms with Crippen LogP contribution in [0.25, 0.3) is 10.9 Å². The lowest BCUT2D eigenvalue weighted by atomic mass is 10.0. The summed E-state index contributed by atoms with van der Waals surface area (Å²) in [6.07, 6.45) is 3.55. The largest absolute Gasteiger partial charge is 0.444 e. The van der Waals surface area contributed by atoms with E-state index in [1.807, 2.05) is 24.4 Å². The molecule has 1 heterocycles. The van der Waals surface area contributed by atoms with Crippen molar-refractivity contribution in [2.45, 2.75) is 45.3 Å². The number of hydrogen-bond acceptors (Lipinski definition) is 3. The summed E-state index contributed by atoms with van der Waals surface area (Å²) in [6, 6.07) is 7.53. The van der Waals surface area contributed by atoms with Crippen LogP contribution in [0.4, 0.5) is 4.79 Å². The molecule has 0 radical (unpaired) electrons. The zero-order valence-corrected chi connectivity index (χ0v) is 14.1. The Morgan fingerprint density at radius 2 is 2.04 bits per heavy atom. The van der Waals surface area contributed by atoms with Crippen LogP contribution in [0.5, 0.6) is 0 Å². The van der Waals surface area contributed by atoms with Crippen LogP contribution in [0.2, 0.25) is 0 Å². The minimum absolute atomic E-state index is 0.478. The summed E-state index contributed by atoms with van der Waals surface area (Å²) in [4.78, 5) is 28.0. The third kappa shape index (κ3) is 4.34. The van der Waals surface area contributed by atoms with Crippen LogP contribution >= 0.6 is 0 Å². The number of aryl methyl sites for hydroxylation is 1. The van der Waals surface area contributed by atoms with E-state index in [9.17, 15) is 9.59 Å². The van der Waals surface area contributed by atoms with E-state index in [2.05, 4.69) is 11.1 Å². The van der Waals surface area contributed by atoms with Crippen molar-refractivity contribution in [2.75, 3.05) is 7.05 Å². The minimum atomic E-state index is -0.574.